The van der Waals surface area contributed by atoms with Crippen LogP contribution in [0, 0.1) is 0 Å². The highest BCUT2D eigenvalue weighted by Crippen LogP contribution is 2.39. The maximum absolute atomic E-state index is 14.0. The van der Waals surface area contributed by atoms with E-state index in [1.165, 1.54) is 35.8 Å². The van der Waals surface area contributed by atoms with E-state index in [2.05, 4.69) is 41.9 Å². The van der Waals surface area contributed by atoms with Gasteiger partial charge in [-0.05, 0) is 64.0 Å². The summed E-state index contributed by atoms with van der Waals surface area (Å²) < 4.78 is 0. The van der Waals surface area contributed by atoms with Crippen molar-refractivity contribution in [1.82, 2.24) is 10.6 Å². The number of anilines is 4. The van der Waals surface area contributed by atoms with Crippen LogP contribution in [0.2, 0.25) is 10.0 Å². The Morgan fingerprint density at radius 1 is 0.796 bits per heavy atom. The number of benzene rings is 2. The van der Waals surface area contributed by atoms with Crippen molar-refractivity contribution in [3.05, 3.63) is 57.2 Å². The number of amides is 5. The maximum atomic E-state index is 14.0. The summed E-state index contributed by atoms with van der Waals surface area (Å²) in [6, 6.07) is 6.44. The van der Waals surface area contributed by atoms with Crippen LogP contribution in [0.15, 0.2) is 67.0 Å². The topological polar surface area (TPSA) is 234 Å². The fraction of sp³-hybridized carbons (Fsp3) is 0.343. The molecule has 15 nitrogen and oxygen atoms in total. The molecule has 2 rings (SSSR count). The number of nitrogens with two attached hydrogens (primary N) is 2. The van der Waals surface area contributed by atoms with Gasteiger partial charge in [-0.3, -0.25) is 34.0 Å². The zero-order valence-electron chi connectivity index (χ0n) is 30.4. The third-order valence-electron chi connectivity index (χ3n) is 6.97. The highest BCUT2D eigenvalue weighted by Gasteiger charge is 2.21. The molecule has 0 aliphatic rings. The molecule has 0 spiro atoms. The number of thioether (sulfide) groups is 2. The largest absolute Gasteiger partial charge is 0.387 e. The van der Waals surface area contributed by atoms with Gasteiger partial charge in [0.05, 0.1) is 32.5 Å². The molecule has 0 aromatic heterocycles. The van der Waals surface area contributed by atoms with Crippen LogP contribution in [-0.2, 0) is 24.0 Å². The Hall–Kier alpha value is -4.71. The molecular formula is C35H46Cl2N10O5S2. The molecule has 5 amide bonds. The van der Waals surface area contributed by atoms with E-state index < -0.39 is 11.8 Å². The normalized spacial score (nSPS) is 11.0. The molecule has 0 fully saturated rings. The zero-order chi connectivity index (χ0) is 40.0. The number of halogens is 2. The second-order valence-electron chi connectivity index (χ2n) is 11.3. The third-order valence-corrected chi connectivity index (χ3v) is 9.68. The Morgan fingerprint density at radius 2 is 1.31 bits per heavy atom. The number of hydrogen-bond acceptors (Lipinski definition) is 10. The number of aliphatic imine (C=N–C) groups is 2. The van der Waals surface area contributed by atoms with Crippen molar-refractivity contribution >= 4 is 112 Å². The number of unbranched alkanes of at least 4 members (excludes halogenated alkanes) is 1. The number of carbonyl (C=O) groups excluding carboxylic acids is 5. The van der Waals surface area contributed by atoms with Crippen LogP contribution >= 0.6 is 46.7 Å². The first-order valence-corrected chi connectivity index (χ1v) is 19.4. The van der Waals surface area contributed by atoms with E-state index in [1.807, 2.05) is 0 Å². The molecule has 0 saturated heterocycles. The van der Waals surface area contributed by atoms with E-state index in [1.54, 1.807) is 52.1 Å². The Labute approximate surface area is 333 Å². The lowest BCUT2D eigenvalue weighted by atomic mass is 10.1. The van der Waals surface area contributed by atoms with Crippen molar-refractivity contribution in [2.24, 2.45) is 21.5 Å². The number of nitrogens with one attached hydrogen (secondary N) is 6. The zero-order valence-corrected chi connectivity index (χ0v) is 33.6. The highest BCUT2D eigenvalue weighted by atomic mass is 35.5. The summed E-state index contributed by atoms with van der Waals surface area (Å²) in [5, 5.41) is 17.5. The minimum absolute atomic E-state index is 0.0191. The molecular weight excluding hydrogens is 775 g/mol. The third kappa shape index (κ3) is 15.7. The molecule has 292 valence electrons. The van der Waals surface area contributed by atoms with E-state index >= 15 is 0 Å². The van der Waals surface area contributed by atoms with Gasteiger partial charge in [0.25, 0.3) is 11.8 Å². The minimum atomic E-state index is -0.609. The first-order chi connectivity index (χ1) is 25.8. The summed E-state index contributed by atoms with van der Waals surface area (Å²) in [6.07, 6.45) is 5.30. The van der Waals surface area contributed by atoms with Gasteiger partial charge in [-0.2, -0.15) is 0 Å². The Kier molecular flexibility index (Phi) is 20.7. The molecule has 0 unspecified atom stereocenters. The number of carbonyl (C=O) groups is 5. The van der Waals surface area contributed by atoms with Gasteiger partial charge in [-0.25, -0.2) is 0 Å². The molecule has 10 N–H and O–H groups in total. The van der Waals surface area contributed by atoms with Crippen molar-refractivity contribution in [3.8, 4) is 0 Å². The molecule has 0 aliphatic heterocycles. The average molecular weight is 822 g/mol. The van der Waals surface area contributed by atoms with E-state index in [0.717, 1.165) is 0 Å². The molecule has 0 saturated carbocycles. The van der Waals surface area contributed by atoms with Crippen LogP contribution in [0.25, 0.3) is 0 Å². The second-order valence-corrected chi connectivity index (χ2v) is 14.4. The lowest BCUT2D eigenvalue weighted by Gasteiger charge is -2.18. The van der Waals surface area contributed by atoms with E-state index in [4.69, 9.17) is 34.7 Å². The number of hydrogen-bond donors (Lipinski definition) is 8. The van der Waals surface area contributed by atoms with Gasteiger partial charge in [0.15, 0.2) is 5.96 Å². The van der Waals surface area contributed by atoms with Gasteiger partial charge in [-0.1, -0.05) is 28.8 Å². The Bertz CT molecular complexity index is 1780. The fourth-order valence-electron chi connectivity index (χ4n) is 4.57. The molecule has 2 aromatic carbocycles. The van der Waals surface area contributed by atoms with E-state index in [9.17, 15) is 24.0 Å². The van der Waals surface area contributed by atoms with Crippen molar-refractivity contribution in [2.75, 3.05) is 59.5 Å². The summed E-state index contributed by atoms with van der Waals surface area (Å²) >= 11 is 15.6. The van der Waals surface area contributed by atoms with Gasteiger partial charge in [0.1, 0.15) is 5.70 Å². The van der Waals surface area contributed by atoms with Crippen LogP contribution in [0.5, 0.6) is 0 Å². The maximum Gasteiger partial charge on any atom is 0.274 e. The molecule has 0 heterocycles. The second kappa shape index (κ2) is 24.6. The SMILES string of the molecule is CC=N/C(=C\C(C(=O)Nc1cc(Cl)cc(NC(=O)CCCCN=C(N)N)c1SCCNC=O)=C(C)C)C(=O)Nc1cc(Cl)cc(NC)c1SCCNC=O. The van der Waals surface area contributed by atoms with Crippen molar-refractivity contribution in [1.29, 1.82) is 0 Å². The Morgan fingerprint density at radius 3 is 1.81 bits per heavy atom. The minimum Gasteiger partial charge on any atom is -0.387 e. The van der Waals surface area contributed by atoms with Gasteiger partial charge in [-0.15, -0.1) is 23.5 Å². The first-order valence-electron chi connectivity index (χ1n) is 16.6. The quantitative estimate of drug-likeness (QED) is 0.0142. The standard InChI is InChI=1S/C35H46Cl2N10O5S2/c1-5-43-29(34(52)47-27-16-22(36)14-25(40-4)31(27)53-12-10-41-19-48)18-24(21(2)3)33(51)46-28-17-23(37)15-26(32(28)54-13-11-42-20-49)45-30(50)8-6-7-9-44-35(38)39/h5,14-20,40H,6-13H2,1-4H3,(H,41,48)(H,42,49)(H,45,50)(H,46,51)(H,47,52)(H4,38,39,44)/b29-18-,43-5?. The molecule has 0 aliphatic carbocycles. The van der Waals surface area contributed by atoms with Gasteiger partial charge >= 0.3 is 0 Å². The Balaban J connectivity index is 2.46. The van der Waals surface area contributed by atoms with Crippen molar-refractivity contribution in [3.63, 3.8) is 0 Å². The van der Waals surface area contributed by atoms with Crippen LogP contribution in [0.4, 0.5) is 22.7 Å². The molecule has 0 atom stereocenters. The number of nitrogens with zero attached hydrogens (tertiary/aromatic N) is 2. The lowest BCUT2D eigenvalue weighted by molar-refractivity contribution is -0.116. The monoisotopic (exact) mass is 820 g/mol. The molecule has 0 bridgehead atoms. The van der Waals surface area contributed by atoms with Crippen LogP contribution in [0.1, 0.15) is 40.0 Å². The number of allylic oxidation sites excluding steroid dienone is 1. The summed E-state index contributed by atoms with van der Waals surface area (Å²) in [7, 11) is 1.72. The number of rotatable bonds is 23. The average Bonchev–Trinajstić information content (AvgIpc) is 3.11. The number of guanidine groups is 1. The van der Waals surface area contributed by atoms with Gasteiger partial charge in [0, 0.05) is 66.4 Å². The van der Waals surface area contributed by atoms with E-state index in [0.29, 0.717) is 99.9 Å². The van der Waals surface area contributed by atoms with Crippen molar-refractivity contribution < 1.29 is 24.0 Å². The summed E-state index contributed by atoms with van der Waals surface area (Å²) in [5.74, 6) is -0.565. The molecule has 0 radical (unpaired) electrons. The molecule has 2 aromatic rings. The first kappa shape index (κ1) is 45.4. The van der Waals surface area contributed by atoms with Crippen molar-refractivity contribution in [2.45, 2.75) is 49.8 Å². The lowest BCUT2D eigenvalue weighted by Crippen LogP contribution is -2.23. The summed E-state index contributed by atoms with van der Waals surface area (Å²) in [6.45, 7) is 6.17. The highest BCUT2D eigenvalue weighted by molar-refractivity contribution is 7.99. The summed E-state index contributed by atoms with van der Waals surface area (Å²) in [5.41, 5.74) is 13.1. The van der Waals surface area contributed by atoms with Crippen LogP contribution < -0.4 is 43.4 Å². The molecule has 19 heteroatoms. The predicted molar refractivity (Wildman–Crippen MR) is 223 cm³/mol. The fourth-order valence-corrected chi connectivity index (χ4v) is 6.97. The predicted octanol–water partition coefficient (Wildman–Crippen LogP) is 4.98. The molecule has 54 heavy (non-hydrogen) atoms. The smallest absolute Gasteiger partial charge is 0.274 e. The summed E-state index contributed by atoms with van der Waals surface area (Å²) in [4.78, 5) is 71.6. The van der Waals surface area contributed by atoms with Crippen LogP contribution in [0.3, 0.4) is 0 Å². The van der Waals surface area contributed by atoms with Gasteiger partial charge in [0.2, 0.25) is 18.7 Å². The van der Waals surface area contributed by atoms with Crippen LogP contribution in [-0.4, -0.2) is 80.9 Å². The van der Waals surface area contributed by atoms with E-state index in [-0.39, 0.29) is 34.6 Å². The van der Waals surface area contributed by atoms with Gasteiger partial charge < -0.3 is 43.4 Å².